The molecule has 22 heavy (non-hydrogen) atoms. The minimum Gasteiger partial charge on any atom is -0.360 e. The van der Waals surface area contributed by atoms with Gasteiger partial charge < -0.3 is 9.84 Å². The quantitative estimate of drug-likeness (QED) is 0.787. The molecule has 0 unspecified atom stereocenters. The smallest absolute Gasteiger partial charge is 0.341 e. The molecule has 3 rings (SSSR count). The van der Waals surface area contributed by atoms with Crippen molar-refractivity contribution < 1.29 is 9.32 Å². The second-order valence-corrected chi connectivity index (χ2v) is 5.13. The van der Waals surface area contributed by atoms with Gasteiger partial charge in [0, 0.05) is 29.4 Å². The molecule has 0 aliphatic rings. The summed E-state index contributed by atoms with van der Waals surface area (Å²) in [6.07, 6.45) is 3.24. The molecule has 1 aromatic carbocycles. The second-order valence-electron chi connectivity index (χ2n) is 4.70. The topological polar surface area (TPSA) is 73.0 Å². The molecule has 0 aliphatic carbocycles. The molecule has 0 spiro atoms. The van der Waals surface area contributed by atoms with Gasteiger partial charge in [-0.2, -0.15) is 9.78 Å². The van der Waals surface area contributed by atoms with Crippen LogP contribution in [0.25, 0.3) is 22.4 Å². The van der Waals surface area contributed by atoms with E-state index in [1.165, 1.54) is 4.68 Å². The minimum absolute atomic E-state index is 0.312. The van der Waals surface area contributed by atoms with Crippen molar-refractivity contribution in [3.63, 3.8) is 0 Å². The molecule has 2 heterocycles. The standard InChI is InChI=1S/C15H13ClN4O2/c1-9-13(11-7-18-20(8-11)15(21)17-2)14(19-22-9)10-3-5-12(16)6-4-10/h3-8H,1-2H3,(H,17,21). The molecule has 0 saturated heterocycles. The lowest BCUT2D eigenvalue weighted by Gasteiger charge is -2.01. The second kappa shape index (κ2) is 5.65. The zero-order valence-electron chi connectivity index (χ0n) is 12.0. The van der Waals surface area contributed by atoms with E-state index in [1.807, 2.05) is 19.1 Å². The van der Waals surface area contributed by atoms with Crippen LogP contribution in [0.3, 0.4) is 0 Å². The maximum absolute atomic E-state index is 11.6. The number of aryl methyl sites for hydroxylation is 1. The van der Waals surface area contributed by atoms with Gasteiger partial charge in [0.25, 0.3) is 0 Å². The van der Waals surface area contributed by atoms with E-state index in [0.29, 0.717) is 16.5 Å². The Hall–Kier alpha value is -2.60. The number of carbonyl (C=O) groups excluding carboxylic acids is 1. The fourth-order valence-electron chi connectivity index (χ4n) is 2.19. The van der Waals surface area contributed by atoms with Crippen molar-refractivity contribution in [2.45, 2.75) is 6.92 Å². The summed E-state index contributed by atoms with van der Waals surface area (Å²) in [6, 6.07) is 7.00. The van der Waals surface area contributed by atoms with Crippen LogP contribution in [0.2, 0.25) is 5.02 Å². The van der Waals surface area contributed by atoms with Gasteiger partial charge in [-0.25, -0.2) is 4.79 Å². The van der Waals surface area contributed by atoms with E-state index >= 15 is 0 Å². The number of hydrogen-bond acceptors (Lipinski definition) is 4. The first-order chi connectivity index (χ1) is 10.6. The van der Waals surface area contributed by atoms with Gasteiger partial charge in [-0.05, 0) is 19.1 Å². The maximum atomic E-state index is 11.6. The van der Waals surface area contributed by atoms with E-state index in [9.17, 15) is 4.79 Å². The molecule has 2 aromatic heterocycles. The third kappa shape index (κ3) is 2.48. The summed E-state index contributed by atoms with van der Waals surface area (Å²) >= 11 is 5.91. The van der Waals surface area contributed by atoms with Gasteiger partial charge in [-0.15, -0.1) is 0 Å². The third-order valence-electron chi connectivity index (χ3n) is 3.27. The average molecular weight is 317 g/mol. The first-order valence-electron chi connectivity index (χ1n) is 6.59. The van der Waals surface area contributed by atoms with Crippen LogP contribution in [0.5, 0.6) is 0 Å². The van der Waals surface area contributed by atoms with Crippen LogP contribution in [-0.2, 0) is 0 Å². The van der Waals surface area contributed by atoms with Crippen LogP contribution in [0.4, 0.5) is 4.79 Å². The molecule has 112 valence electrons. The Labute approximate surface area is 131 Å². The van der Waals surface area contributed by atoms with Gasteiger partial charge in [-0.1, -0.05) is 28.9 Å². The molecule has 3 aromatic rings. The summed E-state index contributed by atoms with van der Waals surface area (Å²) < 4.78 is 6.54. The number of rotatable bonds is 2. The molecule has 0 radical (unpaired) electrons. The normalized spacial score (nSPS) is 10.7. The lowest BCUT2D eigenvalue weighted by atomic mass is 10.0. The van der Waals surface area contributed by atoms with Crippen LogP contribution in [0, 0.1) is 6.92 Å². The molecule has 1 N–H and O–H groups in total. The van der Waals surface area contributed by atoms with Crippen molar-refractivity contribution in [3.8, 4) is 22.4 Å². The van der Waals surface area contributed by atoms with E-state index < -0.39 is 0 Å². The highest BCUT2D eigenvalue weighted by Crippen LogP contribution is 2.34. The Kier molecular flexibility index (Phi) is 3.68. The number of carbonyl (C=O) groups is 1. The van der Waals surface area contributed by atoms with Gasteiger partial charge >= 0.3 is 6.03 Å². The number of nitrogens with one attached hydrogen (secondary N) is 1. The van der Waals surface area contributed by atoms with Gasteiger partial charge in [0.05, 0.1) is 11.8 Å². The van der Waals surface area contributed by atoms with E-state index in [1.54, 1.807) is 31.6 Å². The van der Waals surface area contributed by atoms with Crippen LogP contribution < -0.4 is 5.32 Å². The first-order valence-corrected chi connectivity index (χ1v) is 6.97. The van der Waals surface area contributed by atoms with Crippen molar-refractivity contribution in [1.82, 2.24) is 20.3 Å². The predicted octanol–water partition coefficient (Wildman–Crippen LogP) is 3.35. The molecule has 0 bridgehead atoms. The van der Waals surface area contributed by atoms with Crippen molar-refractivity contribution in [2.75, 3.05) is 7.05 Å². The summed E-state index contributed by atoms with van der Waals surface area (Å²) in [5, 5.41) is 11.3. The largest absolute Gasteiger partial charge is 0.360 e. The molecule has 6 nitrogen and oxygen atoms in total. The number of benzene rings is 1. The summed E-state index contributed by atoms with van der Waals surface area (Å²) in [4.78, 5) is 11.6. The van der Waals surface area contributed by atoms with Gasteiger partial charge in [0.2, 0.25) is 0 Å². The Bertz CT molecular complexity index is 820. The molecule has 1 amide bonds. The summed E-state index contributed by atoms with van der Waals surface area (Å²) in [5.41, 5.74) is 3.12. The third-order valence-corrected chi connectivity index (χ3v) is 3.53. The Morgan fingerprint density at radius 1 is 1.27 bits per heavy atom. The fourth-order valence-corrected chi connectivity index (χ4v) is 2.32. The SMILES string of the molecule is CNC(=O)n1cc(-c2c(-c3ccc(Cl)cc3)noc2C)cn1. The number of amides is 1. The zero-order valence-corrected chi connectivity index (χ0v) is 12.8. The van der Waals surface area contributed by atoms with Crippen LogP contribution in [-0.4, -0.2) is 28.0 Å². The lowest BCUT2D eigenvalue weighted by Crippen LogP contribution is -2.24. The van der Waals surface area contributed by atoms with Crippen LogP contribution >= 0.6 is 11.6 Å². The molecule has 7 heteroatoms. The number of aromatic nitrogens is 3. The van der Waals surface area contributed by atoms with Crippen molar-refractivity contribution in [1.29, 1.82) is 0 Å². The summed E-state index contributed by atoms with van der Waals surface area (Å²) in [6.45, 7) is 1.82. The molecular weight excluding hydrogens is 304 g/mol. The lowest BCUT2D eigenvalue weighted by molar-refractivity contribution is 0.241. The van der Waals surface area contributed by atoms with Crippen molar-refractivity contribution >= 4 is 17.6 Å². The molecular formula is C15H13ClN4O2. The van der Waals surface area contributed by atoms with Gasteiger partial charge in [-0.3, -0.25) is 0 Å². The van der Waals surface area contributed by atoms with Crippen molar-refractivity contribution in [2.24, 2.45) is 0 Å². The average Bonchev–Trinajstić information content (AvgIpc) is 3.14. The van der Waals surface area contributed by atoms with Gasteiger partial charge in [0.1, 0.15) is 11.5 Å². The van der Waals surface area contributed by atoms with E-state index in [-0.39, 0.29) is 6.03 Å². The highest BCUT2D eigenvalue weighted by atomic mass is 35.5. The molecule has 0 aliphatic heterocycles. The molecule has 0 fully saturated rings. The highest BCUT2D eigenvalue weighted by molar-refractivity contribution is 6.30. The number of nitrogens with zero attached hydrogens (tertiary/aromatic N) is 3. The molecule has 0 saturated carbocycles. The monoisotopic (exact) mass is 316 g/mol. The summed E-state index contributed by atoms with van der Waals surface area (Å²) in [5.74, 6) is 0.654. The maximum Gasteiger partial charge on any atom is 0.341 e. The number of hydrogen-bond donors (Lipinski definition) is 1. The van der Waals surface area contributed by atoms with E-state index in [2.05, 4.69) is 15.6 Å². The van der Waals surface area contributed by atoms with Gasteiger partial charge in [0.15, 0.2) is 0 Å². The van der Waals surface area contributed by atoms with E-state index in [4.69, 9.17) is 16.1 Å². The Morgan fingerprint density at radius 3 is 2.68 bits per heavy atom. The van der Waals surface area contributed by atoms with E-state index in [0.717, 1.165) is 16.7 Å². The minimum atomic E-state index is -0.312. The van der Waals surface area contributed by atoms with Crippen LogP contribution in [0.1, 0.15) is 5.76 Å². The predicted molar refractivity (Wildman–Crippen MR) is 82.8 cm³/mol. The summed E-state index contributed by atoms with van der Waals surface area (Å²) in [7, 11) is 1.55. The van der Waals surface area contributed by atoms with Crippen molar-refractivity contribution in [3.05, 3.63) is 47.4 Å². The molecule has 0 atom stereocenters. The highest BCUT2D eigenvalue weighted by Gasteiger charge is 2.18. The Balaban J connectivity index is 2.08. The number of halogens is 1. The Morgan fingerprint density at radius 2 is 2.00 bits per heavy atom. The zero-order chi connectivity index (χ0) is 15.7. The fraction of sp³-hybridized carbons (Fsp3) is 0.133. The first kappa shape index (κ1) is 14.3. The van der Waals surface area contributed by atoms with Crippen LogP contribution in [0.15, 0.2) is 41.2 Å².